The van der Waals surface area contributed by atoms with E-state index in [4.69, 9.17) is 11.6 Å². The van der Waals surface area contributed by atoms with Crippen molar-refractivity contribution in [3.8, 4) is 0 Å². The number of nitrogens with one attached hydrogen (secondary N) is 2. The number of carbonyl (C=O) groups excluding carboxylic acids is 1. The monoisotopic (exact) mass is 464 g/mol. The molecular formula is C18H13ClN4O3S3. The van der Waals surface area contributed by atoms with E-state index in [0.29, 0.717) is 15.8 Å². The lowest BCUT2D eigenvalue weighted by atomic mass is 10.3. The number of halogens is 1. The second kappa shape index (κ2) is 8.07. The Bertz CT molecular complexity index is 1250. The summed E-state index contributed by atoms with van der Waals surface area (Å²) < 4.78 is 28.2. The van der Waals surface area contributed by atoms with Gasteiger partial charge in [-0.3, -0.25) is 9.52 Å². The van der Waals surface area contributed by atoms with Crippen molar-refractivity contribution < 1.29 is 13.2 Å². The fourth-order valence-corrected chi connectivity index (χ4v) is 5.45. The maximum absolute atomic E-state index is 12.4. The van der Waals surface area contributed by atoms with Crippen LogP contribution < -0.4 is 10.0 Å². The molecule has 2 heterocycles. The number of amides is 1. The predicted molar refractivity (Wildman–Crippen MR) is 116 cm³/mol. The maximum atomic E-state index is 12.4. The molecule has 0 fully saturated rings. The zero-order chi connectivity index (χ0) is 20.4. The lowest BCUT2D eigenvalue weighted by molar-refractivity contribution is -0.115. The van der Waals surface area contributed by atoms with Crippen molar-refractivity contribution >= 4 is 70.7 Å². The first kappa shape index (κ1) is 19.8. The van der Waals surface area contributed by atoms with Gasteiger partial charge in [0, 0.05) is 10.4 Å². The molecule has 148 valence electrons. The number of sulfonamides is 1. The highest BCUT2D eigenvalue weighted by Crippen LogP contribution is 2.26. The minimum Gasteiger partial charge on any atom is -0.302 e. The summed E-state index contributed by atoms with van der Waals surface area (Å²) in [5.41, 5.74) is 1.28. The number of rotatable bonds is 6. The van der Waals surface area contributed by atoms with Crippen molar-refractivity contribution in [1.29, 1.82) is 0 Å². The van der Waals surface area contributed by atoms with Crippen LogP contribution in [0.15, 0.2) is 58.8 Å². The highest BCUT2D eigenvalue weighted by Gasteiger charge is 2.17. The van der Waals surface area contributed by atoms with E-state index < -0.39 is 10.0 Å². The summed E-state index contributed by atoms with van der Waals surface area (Å²) in [6, 6.07) is 13.4. The maximum Gasteiger partial charge on any atom is 0.263 e. The van der Waals surface area contributed by atoms with Gasteiger partial charge in [0.2, 0.25) is 5.91 Å². The van der Waals surface area contributed by atoms with Crippen LogP contribution >= 0.6 is 34.3 Å². The quantitative estimate of drug-likeness (QED) is 0.440. The van der Waals surface area contributed by atoms with E-state index in [-0.39, 0.29) is 22.4 Å². The van der Waals surface area contributed by atoms with Gasteiger partial charge in [0.05, 0.1) is 27.2 Å². The topological polar surface area (TPSA) is 101 Å². The van der Waals surface area contributed by atoms with Crippen molar-refractivity contribution in [2.75, 3.05) is 10.0 Å². The van der Waals surface area contributed by atoms with Gasteiger partial charge in [-0.15, -0.1) is 11.3 Å². The first-order chi connectivity index (χ1) is 13.9. The lowest BCUT2D eigenvalue weighted by Crippen LogP contribution is -2.15. The fraction of sp³-hybridized carbons (Fsp3) is 0.0556. The minimum absolute atomic E-state index is 0.00903. The van der Waals surface area contributed by atoms with Gasteiger partial charge in [0.1, 0.15) is 0 Å². The molecule has 2 aromatic heterocycles. The number of fused-ring (bicyclic) bond motifs is 1. The summed E-state index contributed by atoms with van der Waals surface area (Å²) >= 11 is 8.28. The summed E-state index contributed by atoms with van der Waals surface area (Å²) in [5, 5.41) is 5.52. The van der Waals surface area contributed by atoms with E-state index in [1.54, 1.807) is 5.38 Å². The highest BCUT2D eigenvalue weighted by molar-refractivity contribution is 7.93. The molecule has 4 rings (SSSR count). The normalized spacial score (nSPS) is 11.5. The Morgan fingerprint density at radius 1 is 1.03 bits per heavy atom. The molecule has 2 N–H and O–H groups in total. The first-order valence-corrected chi connectivity index (χ1v) is 11.8. The minimum atomic E-state index is -3.78. The second-order valence-corrected chi connectivity index (χ2v) is 9.92. The smallest absolute Gasteiger partial charge is 0.263 e. The van der Waals surface area contributed by atoms with Crippen LogP contribution in [0.5, 0.6) is 0 Å². The summed E-state index contributed by atoms with van der Waals surface area (Å²) in [5.74, 6) is -0.276. The van der Waals surface area contributed by atoms with Crippen LogP contribution in [0.4, 0.5) is 10.3 Å². The van der Waals surface area contributed by atoms with Crippen molar-refractivity contribution in [1.82, 2.24) is 9.97 Å². The highest BCUT2D eigenvalue weighted by atomic mass is 35.5. The molecule has 0 atom stereocenters. The predicted octanol–water partition coefficient (Wildman–Crippen LogP) is 4.39. The number of nitrogens with zero attached hydrogens (tertiary/aromatic N) is 2. The Morgan fingerprint density at radius 2 is 1.79 bits per heavy atom. The summed E-state index contributed by atoms with van der Waals surface area (Å²) in [6.45, 7) is 0. The molecule has 0 saturated heterocycles. The largest absolute Gasteiger partial charge is 0.302 e. The molecule has 0 spiro atoms. The molecule has 0 aliphatic heterocycles. The van der Waals surface area contributed by atoms with Crippen LogP contribution in [-0.4, -0.2) is 24.3 Å². The third-order valence-corrected chi connectivity index (χ3v) is 7.27. The van der Waals surface area contributed by atoms with Crippen molar-refractivity contribution in [2.45, 2.75) is 11.3 Å². The zero-order valence-electron chi connectivity index (χ0n) is 14.6. The van der Waals surface area contributed by atoms with Gasteiger partial charge in [-0.2, -0.15) is 0 Å². The van der Waals surface area contributed by atoms with Gasteiger partial charge in [-0.1, -0.05) is 35.1 Å². The Balaban J connectivity index is 1.40. The van der Waals surface area contributed by atoms with Gasteiger partial charge >= 0.3 is 0 Å². The third kappa shape index (κ3) is 4.73. The molecular weight excluding hydrogens is 452 g/mol. The van der Waals surface area contributed by atoms with Crippen LogP contribution in [0.2, 0.25) is 5.02 Å². The van der Waals surface area contributed by atoms with Gasteiger partial charge in [0.15, 0.2) is 10.3 Å². The first-order valence-electron chi connectivity index (χ1n) is 8.27. The van der Waals surface area contributed by atoms with Gasteiger partial charge < -0.3 is 5.32 Å². The van der Waals surface area contributed by atoms with Gasteiger partial charge in [-0.25, -0.2) is 18.4 Å². The Kier molecular flexibility index (Phi) is 5.50. The number of thiazole rings is 2. The zero-order valence-corrected chi connectivity index (χ0v) is 17.8. The van der Waals surface area contributed by atoms with Crippen molar-refractivity contribution in [3.05, 3.63) is 64.6 Å². The average molecular weight is 465 g/mol. The van der Waals surface area contributed by atoms with Crippen LogP contribution in [0, 0.1) is 0 Å². The van der Waals surface area contributed by atoms with Gasteiger partial charge in [-0.05, 0) is 36.4 Å². The molecule has 11 heteroatoms. The molecule has 0 saturated carbocycles. The molecule has 0 radical (unpaired) electrons. The number of anilines is 2. The molecule has 0 bridgehead atoms. The Morgan fingerprint density at radius 3 is 2.55 bits per heavy atom. The standard InChI is InChI=1S/C18H13ClN4O3S3/c19-11-5-7-13(8-6-11)29(25,26)23-18-20-12(10-27-18)9-16(24)22-17-21-14-3-1-2-4-15(14)28-17/h1-8,10H,9H2,(H,20,23)(H,21,22,24). The second-order valence-electron chi connectivity index (χ2n) is 5.92. The van der Waals surface area contributed by atoms with E-state index >= 15 is 0 Å². The summed E-state index contributed by atoms with van der Waals surface area (Å²) in [6.07, 6.45) is 0.00903. The molecule has 2 aromatic carbocycles. The number of aromatic nitrogens is 2. The van der Waals surface area contributed by atoms with Gasteiger partial charge in [0.25, 0.3) is 10.0 Å². The molecule has 1 amide bonds. The number of benzene rings is 2. The van der Waals surface area contributed by atoms with E-state index in [2.05, 4.69) is 20.0 Å². The Hall–Kier alpha value is -2.53. The molecule has 0 unspecified atom stereocenters. The van der Waals surface area contributed by atoms with E-state index in [9.17, 15) is 13.2 Å². The molecule has 4 aromatic rings. The number of hydrogen-bond acceptors (Lipinski definition) is 7. The number of carbonyl (C=O) groups is 1. The number of hydrogen-bond donors (Lipinski definition) is 2. The average Bonchev–Trinajstić information content (AvgIpc) is 3.27. The van der Waals surface area contributed by atoms with Crippen LogP contribution in [0.25, 0.3) is 10.2 Å². The Labute approximate surface area is 179 Å². The van der Waals surface area contributed by atoms with Crippen LogP contribution in [-0.2, 0) is 21.2 Å². The summed E-state index contributed by atoms with van der Waals surface area (Å²) in [4.78, 5) is 20.9. The van der Waals surface area contributed by atoms with Crippen molar-refractivity contribution in [3.63, 3.8) is 0 Å². The molecule has 29 heavy (non-hydrogen) atoms. The van der Waals surface area contributed by atoms with E-state index in [0.717, 1.165) is 21.6 Å². The van der Waals surface area contributed by atoms with E-state index in [1.807, 2.05) is 24.3 Å². The molecule has 0 aliphatic carbocycles. The third-order valence-electron chi connectivity index (χ3n) is 3.78. The molecule has 0 aliphatic rings. The SMILES string of the molecule is O=C(Cc1csc(NS(=O)(=O)c2ccc(Cl)cc2)n1)Nc1nc2ccccc2s1. The van der Waals surface area contributed by atoms with Crippen molar-refractivity contribution in [2.24, 2.45) is 0 Å². The fourth-order valence-electron chi connectivity index (χ4n) is 2.48. The lowest BCUT2D eigenvalue weighted by Gasteiger charge is -2.05. The van der Waals surface area contributed by atoms with Crippen LogP contribution in [0.1, 0.15) is 5.69 Å². The number of para-hydroxylation sites is 1. The molecule has 7 nitrogen and oxygen atoms in total. The van der Waals surface area contributed by atoms with E-state index in [1.165, 1.54) is 35.6 Å². The van der Waals surface area contributed by atoms with Crippen LogP contribution in [0.3, 0.4) is 0 Å². The summed E-state index contributed by atoms with van der Waals surface area (Å²) in [7, 11) is -3.78.